The number of halogens is 1. The van der Waals surface area contributed by atoms with E-state index in [4.69, 9.17) is 27.1 Å². The highest BCUT2D eigenvalue weighted by atomic mass is 35.5. The molecule has 2 aromatic carbocycles. The van der Waals surface area contributed by atoms with Gasteiger partial charge in [-0.1, -0.05) is 41.4 Å². The number of aryl methyl sites for hydroxylation is 1. The molecule has 1 spiro atoms. The van der Waals surface area contributed by atoms with E-state index >= 15 is 0 Å². The van der Waals surface area contributed by atoms with Crippen LogP contribution < -0.4 is 16.0 Å². The minimum Gasteiger partial charge on any atom is -0.444 e. The fraction of sp³-hybridized carbons (Fsp3) is 0.389. The number of fused-ring (bicyclic) bond motifs is 3. The summed E-state index contributed by atoms with van der Waals surface area (Å²) in [6, 6.07) is 11.8. The summed E-state index contributed by atoms with van der Waals surface area (Å²) in [6.45, 7) is 7.80. The van der Waals surface area contributed by atoms with E-state index in [0.29, 0.717) is 64.4 Å². The molecule has 50 heavy (non-hydrogen) atoms. The van der Waals surface area contributed by atoms with Gasteiger partial charge >= 0.3 is 6.09 Å². The molecular formula is C36H39ClN6O6S. The van der Waals surface area contributed by atoms with Crippen molar-refractivity contribution in [2.75, 3.05) is 36.4 Å². The minimum absolute atomic E-state index is 0.0761. The molecule has 0 bridgehead atoms. The second-order valence-electron chi connectivity index (χ2n) is 14.5. The molecular weight excluding hydrogens is 680 g/mol. The van der Waals surface area contributed by atoms with Crippen LogP contribution >= 0.6 is 11.6 Å². The third-order valence-corrected chi connectivity index (χ3v) is 12.0. The molecule has 262 valence electrons. The number of pyridine rings is 1. The molecule has 0 radical (unpaired) electrons. The number of anilines is 2. The number of primary amides is 1. The molecule has 12 nitrogen and oxygen atoms in total. The van der Waals surface area contributed by atoms with Crippen molar-refractivity contribution in [2.45, 2.75) is 62.9 Å². The van der Waals surface area contributed by atoms with Crippen LogP contribution in [-0.2, 0) is 29.8 Å². The quantitative estimate of drug-likeness (QED) is 0.277. The van der Waals surface area contributed by atoms with E-state index in [1.54, 1.807) is 69.4 Å². The molecule has 4 aromatic rings. The summed E-state index contributed by atoms with van der Waals surface area (Å²) in [6.07, 6.45) is 4.46. The van der Waals surface area contributed by atoms with Gasteiger partial charge in [0, 0.05) is 65.4 Å². The fourth-order valence-corrected chi connectivity index (χ4v) is 9.30. The first kappa shape index (κ1) is 33.9. The van der Waals surface area contributed by atoms with Crippen LogP contribution in [0.4, 0.5) is 16.3 Å². The molecule has 2 atom stereocenters. The van der Waals surface area contributed by atoms with Crippen LogP contribution in [0.5, 0.6) is 0 Å². The van der Waals surface area contributed by atoms with Crippen molar-refractivity contribution in [1.29, 1.82) is 0 Å². The van der Waals surface area contributed by atoms with Gasteiger partial charge in [0.15, 0.2) is 0 Å². The zero-order valence-corrected chi connectivity index (χ0v) is 29.9. The molecule has 1 saturated heterocycles. The lowest BCUT2D eigenvalue weighted by Gasteiger charge is -2.35. The Labute approximate surface area is 295 Å². The Morgan fingerprint density at radius 2 is 1.84 bits per heavy atom. The van der Waals surface area contributed by atoms with Gasteiger partial charge < -0.3 is 20.7 Å². The average molecular weight is 719 g/mol. The SMILES string of the molecule is Cc1ccc(S(=O)(=O)n2cc(-c3cnc4c(c3Cl)[C@]3(CC[C@H](C(N)=O)C3)CN4)c3cccc(N4CCN(C(=O)OC(C)(C)C)CC4=O)c32)cc1. The molecule has 3 N–H and O–H groups in total. The predicted molar refractivity (Wildman–Crippen MR) is 191 cm³/mol. The van der Waals surface area contributed by atoms with Crippen molar-refractivity contribution in [3.63, 3.8) is 0 Å². The molecule has 1 saturated carbocycles. The lowest BCUT2D eigenvalue weighted by molar-refractivity contribution is -0.122. The van der Waals surface area contributed by atoms with Gasteiger partial charge in [-0.15, -0.1) is 0 Å². The van der Waals surface area contributed by atoms with Crippen LogP contribution in [0.15, 0.2) is 59.8 Å². The van der Waals surface area contributed by atoms with E-state index in [0.717, 1.165) is 11.1 Å². The molecule has 4 heterocycles. The van der Waals surface area contributed by atoms with Gasteiger partial charge in [-0.2, -0.15) is 0 Å². The fourth-order valence-electron chi connectivity index (χ4n) is 7.48. The van der Waals surface area contributed by atoms with Gasteiger partial charge in [-0.25, -0.2) is 22.2 Å². The largest absolute Gasteiger partial charge is 0.444 e. The number of carbonyl (C=O) groups excluding carboxylic acids is 3. The highest BCUT2D eigenvalue weighted by Gasteiger charge is 2.49. The maximum Gasteiger partial charge on any atom is 0.410 e. The second-order valence-corrected chi connectivity index (χ2v) is 16.7. The number of amides is 3. The van der Waals surface area contributed by atoms with Crippen LogP contribution in [0.3, 0.4) is 0 Å². The Morgan fingerprint density at radius 1 is 1.10 bits per heavy atom. The third-order valence-electron chi connectivity index (χ3n) is 9.95. The van der Waals surface area contributed by atoms with E-state index in [-0.39, 0.29) is 42.3 Å². The summed E-state index contributed by atoms with van der Waals surface area (Å²) in [4.78, 5) is 46.3. The molecule has 2 fully saturated rings. The van der Waals surface area contributed by atoms with Gasteiger partial charge in [-0.05, 0) is 65.2 Å². The van der Waals surface area contributed by atoms with Gasteiger partial charge in [0.2, 0.25) is 11.8 Å². The van der Waals surface area contributed by atoms with Crippen LogP contribution in [0.25, 0.3) is 22.0 Å². The normalized spacial score (nSPS) is 20.7. The zero-order valence-electron chi connectivity index (χ0n) is 28.3. The minimum atomic E-state index is -4.19. The number of nitrogens with two attached hydrogens (primary N) is 1. The molecule has 1 aliphatic carbocycles. The van der Waals surface area contributed by atoms with Crippen molar-refractivity contribution >= 4 is 61.9 Å². The highest BCUT2D eigenvalue weighted by molar-refractivity contribution is 7.90. The van der Waals surface area contributed by atoms with Gasteiger partial charge in [0.25, 0.3) is 10.0 Å². The summed E-state index contributed by atoms with van der Waals surface area (Å²) in [7, 11) is -4.19. The average Bonchev–Trinajstić information content (AvgIpc) is 3.77. The van der Waals surface area contributed by atoms with Crippen molar-refractivity contribution in [3.05, 3.63) is 71.0 Å². The Bertz CT molecular complexity index is 2180. The van der Waals surface area contributed by atoms with Crippen LogP contribution in [0.1, 0.15) is 51.2 Å². The monoisotopic (exact) mass is 718 g/mol. The van der Waals surface area contributed by atoms with E-state index in [1.807, 2.05) is 6.92 Å². The van der Waals surface area contributed by atoms with Crippen molar-refractivity contribution < 1.29 is 27.5 Å². The summed E-state index contributed by atoms with van der Waals surface area (Å²) in [5.74, 6) is -0.366. The number of benzene rings is 2. The molecule has 3 aliphatic rings. The number of hydrogen-bond acceptors (Lipinski definition) is 8. The standard InChI is InChI=1S/C36H39ClN6O6S/c1-21-8-10-23(11-9-21)50(47,48)43-18-26(25-17-39-33-29(30(25)37)36(20-40-33)13-12-22(16-36)32(38)45)24-6-5-7-27(31(24)43)42-15-14-41(19-28(42)44)34(46)49-35(2,3)4/h5-11,17-18,22H,12-16,19-20H2,1-4H3,(H2,38,45)(H,39,40)/t22-,36-/m0/s1. The Hall–Kier alpha value is -4.62. The number of para-hydroxylation sites is 1. The number of piperazine rings is 1. The number of nitrogens with zero attached hydrogens (tertiary/aromatic N) is 4. The number of hydrogen-bond donors (Lipinski definition) is 2. The summed E-state index contributed by atoms with van der Waals surface area (Å²) < 4.78 is 35.6. The van der Waals surface area contributed by atoms with Gasteiger partial charge in [0.1, 0.15) is 18.0 Å². The number of aromatic nitrogens is 2. The molecule has 0 unspecified atom stereocenters. The van der Waals surface area contributed by atoms with E-state index in [1.165, 1.54) is 20.0 Å². The predicted octanol–water partition coefficient (Wildman–Crippen LogP) is 5.43. The maximum atomic E-state index is 14.5. The van der Waals surface area contributed by atoms with Crippen LogP contribution in [0.2, 0.25) is 5.02 Å². The zero-order chi connectivity index (χ0) is 35.7. The summed E-state index contributed by atoms with van der Waals surface area (Å²) >= 11 is 7.28. The van der Waals surface area contributed by atoms with E-state index < -0.39 is 27.1 Å². The summed E-state index contributed by atoms with van der Waals surface area (Å²) in [5, 5.41) is 4.32. The molecule has 3 amide bonds. The lowest BCUT2D eigenvalue weighted by atomic mass is 9.80. The Balaban J connectivity index is 1.38. The van der Waals surface area contributed by atoms with Crippen LogP contribution in [0, 0.1) is 12.8 Å². The molecule has 2 aliphatic heterocycles. The topological polar surface area (TPSA) is 157 Å². The number of ether oxygens (including phenoxy) is 1. The van der Waals surface area contributed by atoms with E-state index in [2.05, 4.69) is 5.32 Å². The highest BCUT2D eigenvalue weighted by Crippen LogP contribution is 2.54. The molecule has 7 rings (SSSR count). The first-order chi connectivity index (χ1) is 23.6. The van der Waals surface area contributed by atoms with Crippen molar-refractivity contribution in [3.8, 4) is 11.1 Å². The molecule has 14 heteroatoms. The number of rotatable bonds is 5. The maximum absolute atomic E-state index is 14.5. The van der Waals surface area contributed by atoms with Crippen molar-refractivity contribution in [1.82, 2.24) is 13.9 Å². The third kappa shape index (κ3) is 5.65. The molecule has 2 aromatic heterocycles. The second kappa shape index (κ2) is 12.0. The number of nitrogens with one attached hydrogen (secondary N) is 1. The Morgan fingerprint density at radius 3 is 2.50 bits per heavy atom. The smallest absolute Gasteiger partial charge is 0.410 e. The lowest BCUT2D eigenvalue weighted by Crippen LogP contribution is -2.53. The Kier molecular flexibility index (Phi) is 8.13. The van der Waals surface area contributed by atoms with Gasteiger partial charge in [0.05, 0.1) is 21.1 Å². The van der Waals surface area contributed by atoms with E-state index in [9.17, 15) is 22.8 Å². The first-order valence-electron chi connectivity index (χ1n) is 16.6. The number of carbonyl (C=O) groups is 3. The first-order valence-corrected chi connectivity index (χ1v) is 18.4. The van der Waals surface area contributed by atoms with Crippen molar-refractivity contribution in [2.24, 2.45) is 11.7 Å². The van der Waals surface area contributed by atoms with Crippen LogP contribution in [-0.4, -0.2) is 72.0 Å². The van der Waals surface area contributed by atoms with Gasteiger partial charge in [-0.3, -0.25) is 14.5 Å². The summed E-state index contributed by atoms with van der Waals surface area (Å²) in [5.41, 5.74) is 7.95.